The maximum Gasteiger partial charge on any atom is 0.352 e. The molecular formula is C20H18ClFN4O3. The van der Waals surface area contributed by atoms with E-state index in [1.54, 1.807) is 31.2 Å². The van der Waals surface area contributed by atoms with E-state index in [4.69, 9.17) is 11.6 Å². The predicted molar refractivity (Wildman–Crippen MR) is 107 cm³/mol. The third kappa shape index (κ3) is 4.12. The van der Waals surface area contributed by atoms with Gasteiger partial charge in [-0.1, -0.05) is 35.9 Å². The molecule has 9 heteroatoms. The molecule has 1 aromatic heterocycles. The van der Waals surface area contributed by atoms with Crippen LogP contribution >= 0.6 is 11.6 Å². The normalized spacial score (nSPS) is 10.8. The number of rotatable bonds is 5. The smallest absolute Gasteiger partial charge is 0.340 e. The lowest BCUT2D eigenvalue weighted by Crippen LogP contribution is -2.46. The first-order valence-electron chi connectivity index (χ1n) is 8.82. The van der Waals surface area contributed by atoms with Crippen LogP contribution in [0.2, 0.25) is 5.02 Å². The van der Waals surface area contributed by atoms with Crippen LogP contribution in [-0.2, 0) is 6.54 Å². The highest BCUT2D eigenvalue weighted by Crippen LogP contribution is 2.12. The van der Waals surface area contributed by atoms with Gasteiger partial charge in [0, 0.05) is 18.6 Å². The fraction of sp³-hybridized carbons (Fsp3) is 0.200. The Kier molecular flexibility index (Phi) is 5.93. The standard InChI is InChI=1S/C20H18ClFN4O3/c1-3-24(2)18(27)17-19(28)25(12-13-7-6-8-14(21)11-13)20(29)26(23-17)16-10-5-4-9-15(16)22/h4-11H,3,12H2,1-2H3. The second-order valence-corrected chi connectivity index (χ2v) is 6.77. The summed E-state index contributed by atoms with van der Waals surface area (Å²) in [6.07, 6.45) is 0. The Balaban J connectivity index is 2.27. The molecule has 0 aliphatic heterocycles. The van der Waals surface area contributed by atoms with Crippen LogP contribution in [0.4, 0.5) is 4.39 Å². The van der Waals surface area contributed by atoms with Gasteiger partial charge in [0.05, 0.1) is 6.54 Å². The molecule has 0 N–H and O–H groups in total. The lowest BCUT2D eigenvalue weighted by Gasteiger charge is -2.16. The lowest BCUT2D eigenvalue weighted by atomic mass is 10.2. The van der Waals surface area contributed by atoms with Gasteiger partial charge >= 0.3 is 5.69 Å². The van der Waals surface area contributed by atoms with E-state index in [-0.39, 0.29) is 12.2 Å². The van der Waals surface area contributed by atoms with Crippen LogP contribution in [-0.4, -0.2) is 38.7 Å². The van der Waals surface area contributed by atoms with Crippen molar-refractivity contribution >= 4 is 17.5 Å². The molecule has 0 saturated carbocycles. The molecule has 0 radical (unpaired) electrons. The van der Waals surface area contributed by atoms with Gasteiger partial charge in [-0.2, -0.15) is 9.78 Å². The van der Waals surface area contributed by atoms with Gasteiger partial charge < -0.3 is 4.90 Å². The predicted octanol–water partition coefficient (Wildman–Crippen LogP) is 2.33. The van der Waals surface area contributed by atoms with Crippen molar-refractivity contribution in [3.63, 3.8) is 0 Å². The van der Waals surface area contributed by atoms with Gasteiger partial charge in [0.15, 0.2) is 0 Å². The molecule has 150 valence electrons. The molecule has 3 rings (SSSR count). The Morgan fingerprint density at radius 1 is 1.17 bits per heavy atom. The maximum atomic E-state index is 14.3. The molecule has 0 unspecified atom stereocenters. The summed E-state index contributed by atoms with van der Waals surface area (Å²) in [5.41, 5.74) is -1.78. The van der Waals surface area contributed by atoms with E-state index in [0.717, 1.165) is 15.3 Å². The summed E-state index contributed by atoms with van der Waals surface area (Å²) in [5.74, 6) is -1.38. The summed E-state index contributed by atoms with van der Waals surface area (Å²) >= 11 is 5.99. The zero-order valence-electron chi connectivity index (χ0n) is 15.8. The number of amides is 1. The molecular weight excluding hydrogens is 399 g/mol. The number of hydrogen-bond acceptors (Lipinski definition) is 4. The number of carbonyl (C=O) groups excluding carboxylic acids is 1. The summed E-state index contributed by atoms with van der Waals surface area (Å²) in [6, 6.07) is 12.1. The van der Waals surface area contributed by atoms with E-state index in [1.807, 2.05) is 0 Å². The molecule has 1 heterocycles. The van der Waals surface area contributed by atoms with E-state index < -0.39 is 28.7 Å². The van der Waals surface area contributed by atoms with Crippen LogP contribution in [0.1, 0.15) is 23.0 Å². The number of carbonyl (C=O) groups is 1. The molecule has 29 heavy (non-hydrogen) atoms. The van der Waals surface area contributed by atoms with Crippen LogP contribution in [0.3, 0.4) is 0 Å². The fourth-order valence-electron chi connectivity index (χ4n) is 2.71. The maximum absolute atomic E-state index is 14.3. The number of benzene rings is 2. The van der Waals surface area contributed by atoms with Crippen LogP contribution in [0, 0.1) is 5.82 Å². The molecule has 0 saturated heterocycles. The fourth-order valence-corrected chi connectivity index (χ4v) is 2.92. The summed E-state index contributed by atoms with van der Waals surface area (Å²) in [7, 11) is 1.50. The first-order chi connectivity index (χ1) is 13.8. The Labute approximate surface area is 170 Å². The molecule has 0 spiro atoms. The van der Waals surface area contributed by atoms with Crippen LogP contribution < -0.4 is 11.2 Å². The van der Waals surface area contributed by atoms with Crippen molar-refractivity contribution in [2.75, 3.05) is 13.6 Å². The van der Waals surface area contributed by atoms with Gasteiger partial charge in [0.2, 0.25) is 5.69 Å². The van der Waals surface area contributed by atoms with E-state index >= 15 is 0 Å². The lowest BCUT2D eigenvalue weighted by molar-refractivity contribution is 0.0791. The Morgan fingerprint density at radius 3 is 2.55 bits per heavy atom. The number of halogens is 2. The van der Waals surface area contributed by atoms with Gasteiger partial charge in [0.1, 0.15) is 11.5 Å². The highest BCUT2D eigenvalue weighted by Gasteiger charge is 2.23. The van der Waals surface area contributed by atoms with Crippen molar-refractivity contribution in [3.8, 4) is 5.69 Å². The van der Waals surface area contributed by atoms with E-state index in [9.17, 15) is 18.8 Å². The molecule has 0 aliphatic carbocycles. The summed E-state index contributed by atoms with van der Waals surface area (Å²) in [5, 5.41) is 4.34. The van der Waals surface area contributed by atoms with Gasteiger partial charge in [-0.05, 0) is 36.8 Å². The average molecular weight is 417 g/mol. The van der Waals surface area contributed by atoms with Crippen LogP contribution in [0.25, 0.3) is 5.69 Å². The van der Waals surface area contributed by atoms with Crippen LogP contribution in [0.15, 0.2) is 58.1 Å². The highest BCUT2D eigenvalue weighted by atomic mass is 35.5. The third-order valence-electron chi connectivity index (χ3n) is 4.39. The van der Waals surface area contributed by atoms with Crippen molar-refractivity contribution in [3.05, 3.63) is 91.5 Å². The Hall–Kier alpha value is -3.26. The first-order valence-corrected chi connectivity index (χ1v) is 9.20. The van der Waals surface area contributed by atoms with Crippen molar-refractivity contribution in [2.45, 2.75) is 13.5 Å². The molecule has 7 nitrogen and oxygen atoms in total. The van der Waals surface area contributed by atoms with Gasteiger partial charge in [-0.25, -0.2) is 9.18 Å². The quantitative estimate of drug-likeness (QED) is 0.639. The zero-order valence-corrected chi connectivity index (χ0v) is 16.6. The van der Waals surface area contributed by atoms with E-state index in [0.29, 0.717) is 17.1 Å². The summed E-state index contributed by atoms with van der Waals surface area (Å²) < 4.78 is 15.9. The Morgan fingerprint density at radius 2 is 1.90 bits per heavy atom. The van der Waals surface area contributed by atoms with Crippen molar-refractivity contribution in [1.82, 2.24) is 19.2 Å². The number of para-hydroxylation sites is 1. The van der Waals surface area contributed by atoms with Crippen molar-refractivity contribution in [1.29, 1.82) is 0 Å². The minimum Gasteiger partial charge on any atom is -0.340 e. The molecule has 0 atom stereocenters. The second-order valence-electron chi connectivity index (χ2n) is 6.33. The number of aromatic nitrogens is 3. The van der Waals surface area contributed by atoms with Gasteiger partial charge in [0.25, 0.3) is 11.5 Å². The van der Waals surface area contributed by atoms with Crippen LogP contribution in [0.5, 0.6) is 0 Å². The topological polar surface area (TPSA) is 77.2 Å². The summed E-state index contributed by atoms with van der Waals surface area (Å²) in [6.45, 7) is 1.91. The molecule has 0 fully saturated rings. The molecule has 3 aromatic rings. The number of nitrogens with zero attached hydrogens (tertiary/aromatic N) is 4. The second kappa shape index (κ2) is 8.40. The summed E-state index contributed by atoms with van der Waals surface area (Å²) in [4.78, 5) is 39.8. The minimum absolute atomic E-state index is 0.148. The monoisotopic (exact) mass is 416 g/mol. The largest absolute Gasteiger partial charge is 0.352 e. The molecule has 0 aliphatic rings. The van der Waals surface area contributed by atoms with Gasteiger partial charge in [-0.3, -0.25) is 14.2 Å². The zero-order chi connectivity index (χ0) is 21.1. The minimum atomic E-state index is -0.865. The SMILES string of the molecule is CCN(C)C(=O)c1nn(-c2ccccc2F)c(=O)n(Cc2cccc(Cl)c2)c1=O. The third-order valence-corrected chi connectivity index (χ3v) is 4.63. The van der Waals surface area contributed by atoms with Gasteiger partial charge in [-0.15, -0.1) is 0 Å². The highest BCUT2D eigenvalue weighted by molar-refractivity contribution is 6.30. The molecule has 2 aromatic carbocycles. The van der Waals surface area contributed by atoms with E-state index in [1.165, 1.54) is 30.1 Å². The van der Waals surface area contributed by atoms with E-state index in [2.05, 4.69) is 5.10 Å². The van der Waals surface area contributed by atoms with Crippen molar-refractivity contribution in [2.24, 2.45) is 0 Å². The number of hydrogen-bond donors (Lipinski definition) is 0. The Bertz CT molecular complexity index is 1190. The molecule has 1 amide bonds. The average Bonchev–Trinajstić information content (AvgIpc) is 2.71. The molecule has 0 bridgehead atoms. The van der Waals surface area contributed by atoms with Crippen molar-refractivity contribution < 1.29 is 9.18 Å². The first kappa shape index (κ1) is 20.5.